The fraction of sp³-hybridized carbons (Fsp3) is 0.391. The molecule has 1 aliphatic rings. The number of hydrogen-bond acceptors (Lipinski definition) is 5. The Kier molecular flexibility index (Phi) is 5.28. The van der Waals surface area contributed by atoms with Crippen LogP contribution in [0.15, 0.2) is 57.8 Å². The molecule has 0 bridgehead atoms. The first kappa shape index (κ1) is 19.5. The lowest BCUT2D eigenvalue weighted by atomic mass is 9.87. The number of benzene rings is 1. The van der Waals surface area contributed by atoms with Crippen molar-refractivity contribution in [3.05, 3.63) is 65.9 Å². The molecule has 0 atom stereocenters. The van der Waals surface area contributed by atoms with Crippen molar-refractivity contribution in [1.29, 1.82) is 0 Å². The van der Waals surface area contributed by atoms with E-state index in [4.69, 9.17) is 8.83 Å². The van der Waals surface area contributed by atoms with E-state index in [0.29, 0.717) is 31.3 Å². The molecule has 1 saturated heterocycles. The summed E-state index contributed by atoms with van der Waals surface area (Å²) >= 11 is 0. The van der Waals surface area contributed by atoms with Gasteiger partial charge in [-0.1, -0.05) is 32.9 Å². The second kappa shape index (κ2) is 7.87. The Hall–Kier alpha value is -2.86. The number of furan rings is 1. The highest BCUT2D eigenvalue weighted by atomic mass is 16.3. The first-order chi connectivity index (χ1) is 13.9. The van der Waals surface area contributed by atoms with Crippen molar-refractivity contribution in [3.8, 4) is 11.5 Å². The van der Waals surface area contributed by atoms with Crippen LogP contribution in [-0.2, 0) is 12.0 Å². The zero-order valence-corrected chi connectivity index (χ0v) is 17.2. The predicted octanol–water partition coefficient (Wildman–Crippen LogP) is 4.19. The number of rotatable bonds is 4. The van der Waals surface area contributed by atoms with Gasteiger partial charge in [0.1, 0.15) is 6.26 Å². The van der Waals surface area contributed by atoms with Crippen molar-refractivity contribution in [2.45, 2.75) is 32.7 Å². The molecule has 3 heterocycles. The van der Waals surface area contributed by atoms with Crippen LogP contribution < -0.4 is 0 Å². The summed E-state index contributed by atoms with van der Waals surface area (Å²) < 4.78 is 10.9. The van der Waals surface area contributed by atoms with Crippen LogP contribution in [-0.4, -0.2) is 46.9 Å². The minimum Gasteiger partial charge on any atom is -0.459 e. The van der Waals surface area contributed by atoms with Crippen LogP contribution in [0.25, 0.3) is 11.5 Å². The molecule has 1 amide bonds. The first-order valence-corrected chi connectivity index (χ1v) is 10.0. The Labute approximate surface area is 171 Å². The highest BCUT2D eigenvalue weighted by Crippen LogP contribution is 2.26. The van der Waals surface area contributed by atoms with Crippen LogP contribution in [0.4, 0.5) is 0 Å². The summed E-state index contributed by atoms with van der Waals surface area (Å²) in [7, 11) is 0. The average Bonchev–Trinajstić information content (AvgIpc) is 3.40. The van der Waals surface area contributed by atoms with Crippen molar-refractivity contribution >= 4 is 5.91 Å². The summed E-state index contributed by atoms with van der Waals surface area (Å²) in [6.45, 7) is 10.3. The van der Waals surface area contributed by atoms with Crippen LogP contribution >= 0.6 is 0 Å². The molecule has 4 rings (SSSR count). The highest BCUT2D eigenvalue weighted by molar-refractivity contribution is 5.91. The highest BCUT2D eigenvalue weighted by Gasteiger charge is 2.24. The number of nitrogens with zero attached hydrogens (tertiary/aromatic N) is 3. The maximum Gasteiger partial charge on any atom is 0.289 e. The number of carbonyl (C=O) groups excluding carboxylic acids is 1. The number of oxazole rings is 1. The van der Waals surface area contributed by atoms with Crippen LogP contribution in [0.5, 0.6) is 0 Å². The number of aromatic nitrogens is 1. The molecule has 6 nitrogen and oxygen atoms in total. The zero-order chi connectivity index (χ0) is 20.4. The summed E-state index contributed by atoms with van der Waals surface area (Å²) in [6, 6.07) is 11.8. The summed E-state index contributed by atoms with van der Waals surface area (Å²) in [5.41, 5.74) is 3.31. The fourth-order valence-electron chi connectivity index (χ4n) is 3.52. The van der Waals surface area contributed by atoms with E-state index in [1.807, 2.05) is 4.90 Å². The minimum atomic E-state index is -0.0444. The Bertz CT molecular complexity index is 944. The number of hydrogen-bond donors (Lipinski definition) is 0. The molecule has 152 valence electrons. The van der Waals surface area contributed by atoms with Crippen molar-refractivity contribution in [1.82, 2.24) is 14.8 Å². The quantitative estimate of drug-likeness (QED) is 0.665. The van der Waals surface area contributed by atoms with Gasteiger partial charge in [0.15, 0.2) is 5.76 Å². The van der Waals surface area contributed by atoms with Gasteiger partial charge >= 0.3 is 0 Å². The second-order valence-electron chi connectivity index (χ2n) is 8.52. The van der Waals surface area contributed by atoms with Gasteiger partial charge in [0.05, 0.1) is 12.0 Å². The van der Waals surface area contributed by atoms with Gasteiger partial charge in [-0.2, -0.15) is 0 Å². The Morgan fingerprint density at radius 2 is 1.76 bits per heavy atom. The lowest BCUT2D eigenvalue weighted by Gasteiger charge is -2.33. The standard InChI is InChI=1S/C23H27N3O3/c1-23(2,3)18-8-6-17(7-9-18)21-24-19(16-29-21)15-25-10-12-26(13-11-25)22(27)20-5-4-14-28-20/h4-9,14,16H,10-13,15H2,1-3H3. The van der Waals surface area contributed by atoms with E-state index in [9.17, 15) is 4.79 Å². The van der Waals surface area contributed by atoms with Gasteiger partial charge in [0.25, 0.3) is 5.91 Å². The summed E-state index contributed by atoms with van der Waals surface area (Å²) in [5.74, 6) is 1.00. The molecule has 0 N–H and O–H groups in total. The average molecular weight is 393 g/mol. The minimum absolute atomic E-state index is 0.0444. The van der Waals surface area contributed by atoms with Gasteiger partial charge in [0.2, 0.25) is 5.89 Å². The lowest BCUT2D eigenvalue weighted by molar-refractivity contribution is 0.0596. The molecule has 6 heteroatoms. The molecule has 0 unspecified atom stereocenters. The largest absolute Gasteiger partial charge is 0.459 e. The lowest BCUT2D eigenvalue weighted by Crippen LogP contribution is -2.48. The molecule has 2 aromatic heterocycles. The summed E-state index contributed by atoms with van der Waals surface area (Å²) in [5, 5.41) is 0. The molecule has 0 spiro atoms. The molecule has 0 saturated carbocycles. The second-order valence-corrected chi connectivity index (χ2v) is 8.52. The Morgan fingerprint density at radius 3 is 2.38 bits per heavy atom. The Balaban J connectivity index is 1.34. The van der Waals surface area contributed by atoms with E-state index in [1.54, 1.807) is 18.4 Å². The fourth-order valence-corrected chi connectivity index (χ4v) is 3.52. The van der Waals surface area contributed by atoms with Gasteiger partial charge in [-0.15, -0.1) is 0 Å². The monoisotopic (exact) mass is 393 g/mol. The Morgan fingerprint density at radius 1 is 1.03 bits per heavy atom. The predicted molar refractivity (Wildman–Crippen MR) is 111 cm³/mol. The molecule has 3 aromatic rings. The van der Waals surface area contributed by atoms with E-state index in [2.05, 4.69) is 54.9 Å². The molecular formula is C23H27N3O3. The van der Waals surface area contributed by atoms with E-state index in [1.165, 1.54) is 11.8 Å². The van der Waals surface area contributed by atoms with Gasteiger partial charge in [0, 0.05) is 38.3 Å². The van der Waals surface area contributed by atoms with Crippen molar-refractivity contribution in [3.63, 3.8) is 0 Å². The van der Waals surface area contributed by atoms with Crippen molar-refractivity contribution < 1.29 is 13.6 Å². The van der Waals surface area contributed by atoms with E-state index in [-0.39, 0.29) is 11.3 Å². The van der Waals surface area contributed by atoms with Gasteiger partial charge < -0.3 is 13.7 Å². The molecule has 1 fully saturated rings. The summed E-state index contributed by atoms with van der Waals surface area (Å²) in [4.78, 5) is 21.1. The maximum absolute atomic E-state index is 12.4. The van der Waals surface area contributed by atoms with Crippen LogP contribution in [0, 0.1) is 0 Å². The van der Waals surface area contributed by atoms with E-state index >= 15 is 0 Å². The molecule has 0 radical (unpaired) electrons. The molecule has 1 aliphatic heterocycles. The van der Waals surface area contributed by atoms with Gasteiger partial charge in [-0.3, -0.25) is 9.69 Å². The van der Waals surface area contributed by atoms with Crippen molar-refractivity contribution in [2.75, 3.05) is 26.2 Å². The molecule has 1 aromatic carbocycles. The van der Waals surface area contributed by atoms with E-state index in [0.717, 1.165) is 24.3 Å². The normalized spacial score (nSPS) is 15.6. The van der Waals surface area contributed by atoms with Crippen LogP contribution in [0.1, 0.15) is 42.6 Å². The third-order valence-electron chi connectivity index (χ3n) is 5.33. The topological polar surface area (TPSA) is 62.7 Å². The number of carbonyl (C=O) groups is 1. The number of piperazine rings is 1. The zero-order valence-electron chi connectivity index (χ0n) is 17.2. The smallest absolute Gasteiger partial charge is 0.289 e. The molecule has 29 heavy (non-hydrogen) atoms. The third kappa shape index (κ3) is 4.43. The van der Waals surface area contributed by atoms with E-state index < -0.39 is 0 Å². The van der Waals surface area contributed by atoms with Crippen molar-refractivity contribution in [2.24, 2.45) is 0 Å². The van der Waals surface area contributed by atoms with Gasteiger partial charge in [-0.25, -0.2) is 4.98 Å². The molecule has 0 aliphatic carbocycles. The SMILES string of the molecule is CC(C)(C)c1ccc(-c2nc(CN3CCN(C(=O)c4ccco4)CC3)co2)cc1. The molecular weight excluding hydrogens is 366 g/mol. The third-order valence-corrected chi connectivity index (χ3v) is 5.33. The first-order valence-electron chi connectivity index (χ1n) is 10.0. The number of amides is 1. The summed E-state index contributed by atoms with van der Waals surface area (Å²) in [6.07, 6.45) is 3.26. The van der Waals surface area contributed by atoms with Crippen LogP contribution in [0.3, 0.4) is 0 Å². The van der Waals surface area contributed by atoms with Gasteiger partial charge in [-0.05, 0) is 35.2 Å². The van der Waals surface area contributed by atoms with Crippen LogP contribution in [0.2, 0.25) is 0 Å². The maximum atomic E-state index is 12.4.